The lowest BCUT2D eigenvalue weighted by molar-refractivity contribution is 0.0238. The lowest BCUT2D eigenvalue weighted by Gasteiger charge is -2.23. The Bertz CT molecular complexity index is 764. The first-order chi connectivity index (χ1) is 11.3. The third-order valence-electron chi connectivity index (χ3n) is 3.35. The van der Waals surface area contributed by atoms with E-state index >= 15 is 0 Å². The topological polar surface area (TPSA) is 95.3 Å². The van der Waals surface area contributed by atoms with Gasteiger partial charge in [0.25, 0.3) is 0 Å². The average molecular weight is 330 g/mol. The van der Waals surface area contributed by atoms with Crippen LogP contribution >= 0.6 is 0 Å². The Morgan fingerprint density at radius 2 is 2.04 bits per heavy atom. The number of hydrogen-bond acceptors (Lipinski definition) is 6. The third-order valence-corrected chi connectivity index (χ3v) is 3.35. The number of nitrogens with zero attached hydrogens (tertiary/aromatic N) is 3. The van der Waals surface area contributed by atoms with Crippen molar-refractivity contribution < 1.29 is 19.1 Å². The van der Waals surface area contributed by atoms with E-state index < -0.39 is 23.8 Å². The molecule has 1 unspecified atom stereocenters. The van der Waals surface area contributed by atoms with Crippen LogP contribution in [0.5, 0.6) is 0 Å². The van der Waals surface area contributed by atoms with Crippen LogP contribution in [0.25, 0.3) is 0 Å². The molecule has 0 aliphatic carbocycles. The number of nitrogens with one attached hydrogen (secondary N) is 1. The summed E-state index contributed by atoms with van der Waals surface area (Å²) in [6.45, 7) is 5.27. The van der Waals surface area contributed by atoms with Crippen LogP contribution in [0.3, 0.4) is 0 Å². The van der Waals surface area contributed by atoms with Crippen molar-refractivity contribution in [3.05, 3.63) is 47.3 Å². The molecular weight excluding hydrogens is 312 g/mol. The highest BCUT2D eigenvalue weighted by Crippen LogP contribution is 2.29. The van der Waals surface area contributed by atoms with Crippen molar-refractivity contribution in [2.45, 2.75) is 38.9 Å². The molecule has 0 spiro atoms. The summed E-state index contributed by atoms with van der Waals surface area (Å²) in [4.78, 5) is 25.2. The minimum atomic E-state index is -0.676. The van der Waals surface area contributed by atoms with Crippen LogP contribution in [-0.2, 0) is 15.9 Å². The molecule has 8 heteroatoms. The summed E-state index contributed by atoms with van der Waals surface area (Å²) >= 11 is 0. The summed E-state index contributed by atoms with van der Waals surface area (Å²) in [5, 5.41) is 7.58. The Kier molecular flexibility index (Phi) is 3.96. The molecule has 1 N–H and O–H groups in total. The molecule has 0 saturated heterocycles. The van der Waals surface area contributed by atoms with Crippen LogP contribution in [0.2, 0.25) is 0 Å². The summed E-state index contributed by atoms with van der Waals surface area (Å²) in [5.41, 5.74) is 3.27. The van der Waals surface area contributed by atoms with Gasteiger partial charge in [0, 0.05) is 6.42 Å². The van der Waals surface area contributed by atoms with Gasteiger partial charge >= 0.3 is 12.1 Å². The van der Waals surface area contributed by atoms with Gasteiger partial charge in [-0.15, -0.1) is 5.10 Å². The van der Waals surface area contributed by atoms with Crippen LogP contribution in [0.15, 0.2) is 30.3 Å². The molecule has 8 nitrogen and oxygen atoms in total. The van der Waals surface area contributed by atoms with Crippen molar-refractivity contribution in [1.29, 1.82) is 0 Å². The van der Waals surface area contributed by atoms with Gasteiger partial charge in [-0.3, -0.25) is 0 Å². The predicted octanol–water partition coefficient (Wildman–Crippen LogP) is 2.21. The summed E-state index contributed by atoms with van der Waals surface area (Å²) in [5.74, 6) is -0.567. The van der Waals surface area contributed by atoms with Crippen molar-refractivity contribution >= 4 is 12.1 Å². The minimum Gasteiger partial charge on any atom is -0.452 e. The molecule has 1 aliphatic rings. The Balaban J connectivity index is 1.82. The number of fused-ring (bicyclic) bond motifs is 1. The molecule has 0 radical (unpaired) electrons. The van der Waals surface area contributed by atoms with Crippen molar-refractivity contribution in [3.8, 4) is 0 Å². The fourth-order valence-corrected chi connectivity index (χ4v) is 2.38. The maximum Gasteiger partial charge on any atom is 0.428 e. The van der Waals surface area contributed by atoms with Crippen molar-refractivity contribution in [2.75, 3.05) is 5.43 Å². The maximum absolute atomic E-state index is 12.1. The van der Waals surface area contributed by atoms with E-state index in [1.807, 2.05) is 30.3 Å². The zero-order valence-corrected chi connectivity index (χ0v) is 13.6. The summed E-state index contributed by atoms with van der Waals surface area (Å²) in [7, 11) is 0. The molecule has 24 heavy (non-hydrogen) atoms. The van der Waals surface area contributed by atoms with Crippen molar-refractivity contribution in [2.24, 2.45) is 0 Å². The number of benzene rings is 1. The quantitative estimate of drug-likeness (QED) is 0.848. The molecule has 1 amide bonds. The molecule has 0 saturated carbocycles. The number of esters is 1. The zero-order chi connectivity index (χ0) is 17.3. The van der Waals surface area contributed by atoms with Crippen LogP contribution < -0.4 is 5.43 Å². The van der Waals surface area contributed by atoms with E-state index in [0.717, 1.165) is 5.56 Å². The van der Waals surface area contributed by atoms with E-state index in [2.05, 4.69) is 15.7 Å². The number of carbonyl (C=O) groups excluding carboxylic acids is 2. The first-order valence-electron chi connectivity index (χ1n) is 7.54. The number of cyclic esters (lactones) is 1. The van der Waals surface area contributed by atoms with E-state index in [-0.39, 0.29) is 5.69 Å². The SMILES string of the molecule is CC(C)(C)OC(=O)Nn1nnc2c1CC(c1ccccc1)OC2=O. The largest absolute Gasteiger partial charge is 0.452 e. The predicted molar refractivity (Wildman–Crippen MR) is 83.9 cm³/mol. The van der Waals surface area contributed by atoms with Gasteiger partial charge in [0.1, 0.15) is 17.4 Å². The highest BCUT2D eigenvalue weighted by molar-refractivity contribution is 5.89. The van der Waals surface area contributed by atoms with Gasteiger partial charge in [0.2, 0.25) is 0 Å². The second kappa shape index (κ2) is 5.95. The molecule has 0 fully saturated rings. The molecule has 1 aromatic carbocycles. The lowest BCUT2D eigenvalue weighted by Crippen LogP contribution is -2.34. The van der Waals surface area contributed by atoms with Gasteiger partial charge in [-0.25, -0.2) is 15.0 Å². The molecule has 1 atom stereocenters. The van der Waals surface area contributed by atoms with E-state index in [0.29, 0.717) is 12.1 Å². The highest BCUT2D eigenvalue weighted by Gasteiger charge is 2.33. The number of ether oxygens (including phenoxy) is 2. The third kappa shape index (κ3) is 3.37. The van der Waals surface area contributed by atoms with Gasteiger partial charge in [-0.05, 0) is 31.5 Å². The molecule has 3 rings (SSSR count). The first kappa shape index (κ1) is 16.0. The second-order valence-corrected chi connectivity index (χ2v) is 6.42. The van der Waals surface area contributed by atoms with Gasteiger partial charge in [0.05, 0.1) is 0 Å². The molecule has 0 bridgehead atoms. The second-order valence-electron chi connectivity index (χ2n) is 6.42. The summed E-state index contributed by atoms with van der Waals surface area (Å²) in [6, 6.07) is 9.37. The molecule has 1 aromatic heterocycles. The van der Waals surface area contributed by atoms with Gasteiger partial charge < -0.3 is 9.47 Å². The number of aromatic nitrogens is 3. The monoisotopic (exact) mass is 330 g/mol. The Morgan fingerprint density at radius 1 is 1.33 bits per heavy atom. The smallest absolute Gasteiger partial charge is 0.428 e. The van der Waals surface area contributed by atoms with E-state index in [9.17, 15) is 9.59 Å². The van der Waals surface area contributed by atoms with Crippen LogP contribution in [0.4, 0.5) is 4.79 Å². The Morgan fingerprint density at radius 3 is 2.71 bits per heavy atom. The van der Waals surface area contributed by atoms with E-state index in [1.165, 1.54) is 4.79 Å². The average Bonchev–Trinajstić information content (AvgIpc) is 2.90. The van der Waals surface area contributed by atoms with Gasteiger partial charge in [0.15, 0.2) is 5.69 Å². The number of rotatable bonds is 2. The molecular formula is C16H18N4O4. The summed E-state index contributed by atoms with van der Waals surface area (Å²) < 4.78 is 10.6. The molecule has 126 valence electrons. The molecule has 1 aliphatic heterocycles. The van der Waals surface area contributed by atoms with E-state index in [1.54, 1.807) is 20.8 Å². The lowest BCUT2D eigenvalue weighted by atomic mass is 10.0. The fourth-order valence-electron chi connectivity index (χ4n) is 2.38. The van der Waals surface area contributed by atoms with Gasteiger partial charge in [-0.1, -0.05) is 30.3 Å². The fraction of sp³-hybridized carbons (Fsp3) is 0.375. The Labute approximate surface area is 138 Å². The molecule has 2 aromatic rings. The number of hydrogen-bond donors (Lipinski definition) is 1. The Hall–Kier alpha value is -2.90. The standard InChI is InChI=1S/C16H18N4O4/c1-16(2,3)24-15(22)18-20-11-9-12(10-7-5-4-6-8-10)23-14(21)13(11)17-19-20/h4-8,12H,9H2,1-3H3,(H,18,22). The summed E-state index contributed by atoms with van der Waals surface area (Å²) in [6.07, 6.45) is -0.775. The zero-order valence-electron chi connectivity index (χ0n) is 13.6. The van der Waals surface area contributed by atoms with Crippen LogP contribution in [0, 0.1) is 0 Å². The van der Waals surface area contributed by atoms with Crippen molar-refractivity contribution in [3.63, 3.8) is 0 Å². The van der Waals surface area contributed by atoms with Crippen molar-refractivity contribution in [1.82, 2.24) is 15.1 Å². The normalized spacial score (nSPS) is 17.0. The number of amides is 1. The van der Waals surface area contributed by atoms with Gasteiger partial charge in [-0.2, -0.15) is 4.79 Å². The van der Waals surface area contributed by atoms with Crippen LogP contribution in [0.1, 0.15) is 48.6 Å². The highest BCUT2D eigenvalue weighted by atomic mass is 16.6. The van der Waals surface area contributed by atoms with Crippen LogP contribution in [-0.4, -0.2) is 32.8 Å². The first-order valence-corrected chi connectivity index (χ1v) is 7.54. The number of carbonyl (C=O) groups is 2. The minimum absolute atomic E-state index is 0.0956. The maximum atomic E-state index is 12.1. The van der Waals surface area contributed by atoms with E-state index in [4.69, 9.17) is 9.47 Å². The molecule has 2 heterocycles.